The van der Waals surface area contributed by atoms with Gasteiger partial charge in [-0.15, -0.1) is 0 Å². The molecule has 0 bridgehead atoms. The van der Waals surface area contributed by atoms with Gasteiger partial charge in [0, 0.05) is 13.0 Å². The normalized spacial score (nSPS) is 31.2. The first-order valence-electron chi connectivity index (χ1n) is 2.74. The van der Waals surface area contributed by atoms with Gasteiger partial charge < -0.3 is 5.32 Å². The van der Waals surface area contributed by atoms with Gasteiger partial charge in [-0.1, -0.05) is 13.0 Å². The van der Waals surface area contributed by atoms with Crippen molar-refractivity contribution in [3.05, 3.63) is 12.3 Å². The van der Waals surface area contributed by atoms with Crippen LogP contribution >= 0.6 is 0 Å². The average Bonchev–Trinajstić information content (AvgIpc) is 2.14. The molecule has 1 heterocycles. The molecule has 0 amide bonds. The van der Waals surface area contributed by atoms with Crippen LogP contribution in [0.3, 0.4) is 0 Å². The van der Waals surface area contributed by atoms with Crippen LogP contribution in [-0.2, 0) is 0 Å². The molecule has 0 aliphatic carbocycles. The highest BCUT2D eigenvalue weighted by Gasteiger charge is 2.08. The second-order valence-electron chi connectivity index (χ2n) is 1.90. The molecule has 44 valence electrons. The Morgan fingerprint density at radius 1 is 1.75 bits per heavy atom. The van der Waals surface area contributed by atoms with Crippen molar-refractivity contribution in [3.63, 3.8) is 0 Å². The molecule has 1 aliphatic rings. The van der Waals surface area contributed by atoms with Crippen LogP contribution in [0.25, 0.3) is 0 Å². The smallest absolute Gasteiger partial charge is 0.107 e. The SMILES string of the molecule is CN=C1NC=CC1C. The molecule has 2 heteroatoms. The molecule has 1 N–H and O–H groups in total. The lowest BCUT2D eigenvalue weighted by Crippen LogP contribution is -2.16. The van der Waals surface area contributed by atoms with E-state index in [-0.39, 0.29) is 0 Å². The molecular formula is C6H10N2. The molecule has 0 radical (unpaired) electrons. The van der Waals surface area contributed by atoms with Crippen molar-refractivity contribution in [1.29, 1.82) is 0 Å². The van der Waals surface area contributed by atoms with Crippen molar-refractivity contribution >= 4 is 5.84 Å². The Bertz CT molecular complexity index is 135. The van der Waals surface area contributed by atoms with Crippen molar-refractivity contribution < 1.29 is 0 Å². The fourth-order valence-electron chi connectivity index (χ4n) is 0.769. The third-order valence-corrected chi connectivity index (χ3v) is 1.29. The van der Waals surface area contributed by atoms with Gasteiger partial charge in [0.05, 0.1) is 0 Å². The van der Waals surface area contributed by atoms with Gasteiger partial charge in [0.25, 0.3) is 0 Å². The molecule has 0 saturated heterocycles. The van der Waals surface area contributed by atoms with E-state index >= 15 is 0 Å². The number of aliphatic imine (C=N–C) groups is 1. The standard InChI is InChI=1S/C6H10N2/c1-5-3-4-8-6(5)7-2/h3-5H,1-2H3,(H,7,8). The summed E-state index contributed by atoms with van der Waals surface area (Å²) in [5.74, 6) is 1.55. The molecule has 8 heavy (non-hydrogen) atoms. The second-order valence-corrected chi connectivity index (χ2v) is 1.90. The predicted octanol–water partition coefficient (Wildman–Crippen LogP) is 0.768. The monoisotopic (exact) mass is 110 g/mol. The van der Waals surface area contributed by atoms with Gasteiger partial charge in [0.1, 0.15) is 5.84 Å². The first kappa shape index (κ1) is 5.35. The van der Waals surface area contributed by atoms with Gasteiger partial charge >= 0.3 is 0 Å². The third kappa shape index (κ3) is 0.735. The van der Waals surface area contributed by atoms with E-state index in [2.05, 4.69) is 23.3 Å². The van der Waals surface area contributed by atoms with Crippen LogP contribution in [0.1, 0.15) is 6.92 Å². The van der Waals surface area contributed by atoms with Crippen LogP contribution in [0.5, 0.6) is 0 Å². The Morgan fingerprint density at radius 2 is 2.50 bits per heavy atom. The van der Waals surface area contributed by atoms with E-state index in [9.17, 15) is 0 Å². The van der Waals surface area contributed by atoms with Gasteiger partial charge in [-0.05, 0) is 6.20 Å². The van der Waals surface area contributed by atoms with Gasteiger partial charge in [-0.2, -0.15) is 0 Å². The van der Waals surface area contributed by atoms with Crippen LogP contribution in [-0.4, -0.2) is 12.9 Å². The highest BCUT2D eigenvalue weighted by Crippen LogP contribution is 2.03. The lowest BCUT2D eigenvalue weighted by atomic mass is 10.2. The number of hydrogen-bond donors (Lipinski definition) is 1. The maximum Gasteiger partial charge on any atom is 0.107 e. The van der Waals surface area contributed by atoms with Gasteiger partial charge in [0.2, 0.25) is 0 Å². The van der Waals surface area contributed by atoms with Crippen LogP contribution in [0.15, 0.2) is 17.3 Å². The van der Waals surface area contributed by atoms with E-state index in [1.54, 1.807) is 7.05 Å². The van der Waals surface area contributed by atoms with Crippen LogP contribution in [0.2, 0.25) is 0 Å². The minimum absolute atomic E-state index is 0.486. The Kier molecular flexibility index (Phi) is 1.33. The first-order chi connectivity index (χ1) is 3.84. The van der Waals surface area contributed by atoms with Crippen LogP contribution in [0, 0.1) is 5.92 Å². The Morgan fingerprint density at radius 3 is 2.75 bits per heavy atom. The van der Waals surface area contributed by atoms with E-state index in [0.29, 0.717) is 5.92 Å². The molecule has 0 fully saturated rings. The average molecular weight is 110 g/mol. The van der Waals surface area contributed by atoms with Crippen LogP contribution in [0.4, 0.5) is 0 Å². The second kappa shape index (κ2) is 1.99. The fourth-order valence-corrected chi connectivity index (χ4v) is 0.769. The topological polar surface area (TPSA) is 24.4 Å². The number of hydrogen-bond acceptors (Lipinski definition) is 1. The number of nitrogens with zero attached hydrogens (tertiary/aromatic N) is 1. The fraction of sp³-hybridized carbons (Fsp3) is 0.500. The molecule has 0 aromatic carbocycles. The molecule has 1 unspecified atom stereocenters. The summed E-state index contributed by atoms with van der Waals surface area (Å²) in [6, 6.07) is 0. The summed E-state index contributed by atoms with van der Waals surface area (Å²) in [6.07, 6.45) is 4.01. The summed E-state index contributed by atoms with van der Waals surface area (Å²) in [4.78, 5) is 4.01. The lowest BCUT2D eigenvalue weighted by Gasteiger charge is -1.99. The van der Waals surface area contributed by atoms with E-state index < -0.39 is 0 Å². The summed E-state index contributed by atoms with van der Waals surface area (Å²) in [5.41, 5.74) is 0. The molecule has 1 rings (SSSR count). The Labute approximate surface area is 49.3 Å². The molecule has 0 aromatic rings. The van der Waals surface area contributed by atoms with Crippen molar-refractivity contribution in [3.8, 4) is 0 Å². The number of amidine groups is 1. The van der Waals surface area contributed by atoms with Crippen LogP contribution < -0.4 is 5.32 Å². The highest BCUT2D eigenvalue weighted by molar-refractivity contribution is 5.88. The molecule has 0 spiro atoms. The van der Waals surface area contributed by atoms with Gasteiger partial charge in [0.15, 0.2) is 0 Å². The van der Waals surface area contributed by atoms with Gasteiger partial charge in [-0.25, -0.2) is 0 Å². The minimum Gasteiger partial charge on any atom is -0.350 e. The summed E-state index contributed by atoms with van der Waals surface area (Å²) < 4.78 is 0. The van der Waals surface area contributed by atoms with E-state index in [4.69, 9.17) is 0 Å². The van der Waals surface area contributed by atoms with Crippen molar-refractivity contribution in [2.75, 3.05) is 7.05 Å². The van der Waals surface area contributed by atoms with Crippen molar-refractivity contribution in [2.45, 2.75) is 6.92 Å². The Balaban J connectivity index is 2.64. The van der Waals surface area contributed by atoms with E-state index in [0.717, 1.165) is 5.84 Å². The van der Waals surface area contributed by atoms with E-state index in [1.165, 1.54) is 0 Å². The van der Waals surface area contributed by atoms with Crippen molar-refractivity contribution in [1.82, 2.24) is 5.32 Å². The lowest BCUT2D eigenvalue weighted by molar-refractivity contribution is 0.990. The van der Waals surface area contributed by atoms with E-state index in [1.807, 2.05) is 6.20 Å². The highest BCUT2D eigenvalue weighted by atomic mass is 15.0. The summed E-state index contributed by atoms with van der Waals surface area (Å²) >= 11 is 0. The predicted molar refractivity (Wildman–Crippen MR) is 34.8 cm³/mol. The number of rotatable bonds is 0. The zero-order valence-electron chi connectivity index (χ0n) is 5.18. The molecular weight excluding hydrogens is 100 g/mol. The van der Waals surface area contributed by atoms with Crippen molar-refractivity contribution in [2.24, 2.45) is 10.9 Å². The molecule has 1 atom stereocenters. The Hall–Kier alpha value is -0.790. The summed E-state index contributed by atoms with van der Waals surface area (Å²) in [7, 11) is 1.80. The maximum atomic E-state index is 4.01. The molecule has 0 saturated carbocycles. The molecule has 2 nitrogen and oxygen atoms in total. The largest absolute Gasteiger partial charge is 0.350 e. The first-order valence-corrected chi connectivity index (χ1v) is 2.74. The maximum absolute atomic E-state index is 4.01. The zero-order valence-corrected chi connectivity index (χ0v) is 5.18. The molecule has 0 aromatic heterocycles. The molecule has 1 aliphatic heterocycles. The number of nitrogens with one attached hydrogen (secondary N) is 1. The summed E-state index contributed by atoms with van der Waals surface area (Å²) in [6.45, 7) is 2.11. The van der Waals surface area contributed by atoms with Gasteiger partial charge in [-0.3, -0.25) is 4.99 Å². The quantitative estimate of drug-likeness (QED) is 0.489. The zero-order chi connectivity index (χ0) is 5.98. The summed E-state index contributed by atoms with van der Waals surface area (Å²) in [5, 5.41) is 3.03. The minimum atomic E-state index is 0.486. The third-order valence-electron chi connectivity index (χ3n) is 1.29.